The molecule has 0 saturated carbocycles. The predicted molar refractivity (Wildman–Crippen MR) is 96.4 cm³/mol. The highest BCUT2D eigenvalue weighted by Gasteiger charge is 2.41. The lowest BCUT2D eigenvalue weighted by Gasteiger charge is -2.23. The lowest BCUT2D eigenvalue weighted by atomic mass is 9.98. The van der Waals surface area contributed by atoms with Crippen LogP contribution in [0.2, 0.25) is 0 Å². The van der Waals surface area contributed by atoms with Gasteiger partial charge in [0.15, 0.2) is 0 Å². The molecule has 0 aliphatic carbocycles. The number of carbonyl (C=O) groups excluding carboxylic acids is 1. The highest BCUT2D eigenvalue weighted by atomic mass is 16.4. The molecule has 1 heterocycles. The average Bonchev–Trinajstić information content (AvgIpc) is 3.08. The Morgan fingerprint density at radius 3 is 2.32 bits per heavy atom. The van der Waals surface area contributed by atoms with Gasteiger partial charge in [0.1, 0.15) is 6.04 Å². The van der Waals surface area contributed by atoms with Gasteiger partial charge in [-0.1, -0.05) is 48.5 Å². The highest BCUT2D eigenvalue weighted by Crippen LogP contribution is 2.28. The van der Waals surface area contributed by atoms with Crippen molar-refractivity contribution in [2.75, 3.05) is 20.6 Å². The lowest BCUT2D eigenvalue weighted by molar-refractivity contribution is -0.141. The molecule has 0 aromatic heterocycles. The van der Waals surface area contributed by atoms with Crippen LogP contribution < -0.4 is 0 Å². The second-order valence-corrected chi connectivity index (χ2v) is 6.58. The summed E-state index contributed by atoms with van der Waals surface area (Å²) in [5.41, 5.74) is 2.31. The number of carboxylic acids is 1. The summed E-state index contributed by atoms with van der Waals surface area (Å²) < 4.78 is 0. The molecule has 2 atom stereocenters. The fourth-order valence-corrected chi connectivity index (χ4v) is 3.34. The van der Waals surface area contributed by atoms with Gasteiger partial charge in [-0.2, -0.15) is 0 Å². The molecule has 5 heteroatoms. The number of aliphatic carboxylic acids is 1. The van der Waals surface area contributed by atoms with Gasteiger partial charge in [0.2, 0.25) is 0 Å². The summed E-state index contributed by atoms with van der Waals surface area (Å²) >= 11 is 0. The zero-order valence-corrected chi connectivity index (χ0v) is 14.4. The monoisotopic (exact) mass is 338 g/mol. The first-order chi connectivity index (χ1) is 12.0. The lowest BCUT2D eigenvalue weighted by Crippen LogP contribution is -2.41. The normalized spacial score (nSPS) is 20.0. The van der Waals surface area contributed by atoms with E-state index in [1.165, 1.54) is 4.90 Å². The van der Waals surface area contributed by atoms with E-state index in [9.17, 15) is 14.7 Å². The molecular weight excluding hydrogens is 316 g/mol. The number of carbonyl (C=O) groups is 2. The van der Waals surface area contributed by atoms with Crippen molar-refractivity contribution >= 4 is 11.9 Å². The van der Waals surface area contributed by atoms with Crippen LogP contribution in [0.4, 0.5) is 0 Å². The number of rotatable bonds is 4. The maximum atomic E-state index is 13.2. The predicted octanol–water partition coefficient (Wildman–Crippen LogP) is 2.58. The van der Waals surface area contributed by atoms with E-state index < -0.39 is 12.0 Å². The summed E-state index contributed by atoms with van der Waals surface area (Å²) in [6.45, 7) is 0.423. The molecule has 130 valence electrons. The zero-order valence-electron chi connectivity index (χ0n) is 14.4. The fraction of sp³-hybridized carbons (Fsp3) is 0.300. The Balaban J connectivity index is 1.97. The molecule has 0 unspecified atom stereocenters. The molecule has 1 amide bonds. The minimum Gasteiger partial charge on any atom is -0.480 e. The second kappa shape index (κ2) is 7.07. The topological polar surface area (TPSA) is 60.9 Å². The summed E-state index contributed by atoms with van der Waals surface area (Å²) in [4.78, 5) is 28.3. The van der Waals surface area contributed by atoms with Gasteiger partial charge in [-0.25, -0.2) is 4.79 Å². The molecule has 25 heavy (non-hydrogen) atoms. The first-order valence-corrected chi connectivity index (χ1v) is 8.33. The van der Waals surface area contributed by atoms with Gasteiger partial charge in [0.25, 0.3) is 5.91 Å². The van der Waals surface area contributed by atoms with Crippen LogP contribution in [-0.4, -0.2) is 59.5 Å². The van der Waals surface area contributed by atoms with Crippen LogP contribution in [-0.2, 0) is 4.79 Å². The third-order valence-electron chi connectivity index (χ3n) is 4.80. The number of likely N-dealkylation sites (tertiary alicyclic amines) is 1. The molecular formula is C20H22N2O3. The maximum absolute atomic E-state index is 13.2. The first kappa shape index (κ1) is 17.2. The van der Waals surface area contributed by atoms with Crippen molar-refractivity contribution in [1.29, 1.82) is 0 Å². The van der Waals surface area contributed by atoms with E-state index in [0.29, 0.717) is 18.5 Å². The molecule has 2 aromatic rings. The largest absolute Gasteiger partial charge is 0.480 e. The Morgan fingerprint density at radius 2 is 1.68 bits per heavy atom. The van der Waals surface area contributed by atoms with Crippen molar-refractivity contribution in [2.45, 2.75) is 18.5 Å². The van der Waals surface area contributed by atoms with Crippen molar-refractivity contribution in [3.63, 3.8) is 0 Å². The minimum absolute atomic E-state index is 0.0499. The van der Waals surface area contributed by atoms with Crippen LogP contribution in [0.1, 0.15) is 16.8 Å². The van der Waals surface area contributed by atoms with Crippen LogP contribution in [0.25, 0.3) is 11.1 Å². The van der Waals surface area contributed by atoms with E-state index >= 15 is 0 Å². The van der Waals surface area contributed by atoms with E-state index in [1.807, 2.05) is 67.5 Å². The highest BCUT2D eigenvalue weighted by molar-refractivity contribution is 6.02. The van der Waals surface area contributed by atoms with Crippen molar-refractivity contribution < 1.29 is 14.7 Å². The Labute approximate surface area is 147 Å². The van der Waals surface area contributed by atoms with Crippen molar-refractivity contribution in [2.24, 2.45) is 0 Å². The van der Waals surface area contributed by atoms with E-state index in [-0.39, 0.29) is 11.9 Å². The molecule has 0 radical (unpaired) electrons. The summed E-state index contributed by atoms with van der Waals surface area (Å²) in [6.07, 6.45) is 0.446. The molecule has 0 spiro atoms. The molecule has 3 rings (SSSR count). The van der Waals surface area contributed by atoms with Crippen LogP contribution in [0, 0.1) is 0 Å². The zero-order chi connectivity index (χ0) is 18.0. The smallest absolute Gasteiger partial charge is 0.326 e. The third-order valence-corrected chi connectivity index (χ3v) is 4.80. The molecule has 1 aliphatic rings. The SMILES string of the molecule is CN(C)[C@@H]1C[C@@H](C(=O)O)N(C(=O)c2ccccc2-c2ccccc2)C1. The summed E-state index contributed by atoms with van der Waals surface area (Å²) in [5, 5.41) is 9.55. The number of likely N-dealkylation sites (N-methyl/N-ethyl adjacent to an activating group) is 1. The number of amides is 1. The minimum atomic E-state index is -0.949. The summed E-state index contributed by atoms with van der Waals surface area (Å²) in [6, 6.07) is 16.3. The van der Waals surface area contributed by atoms with Gasteiger partial charge in [-0.15, -0.1) is 0 Å². The first-order valence-electron chi connectivity index (χ1n) is 8.33. The summed E-state index contributed by atoms with van der Waals surface area (Å²) in [5.74, 6) is -1.17. The molecule has 1 saturated heterocycles. The molecule has 5 nitrogen and oxygen atoms in total. The number of benzene rings is 2. The molecule has 1 fully saturated rings. The van der Waals surface area contributed by atoms with Gasteiger partial charge in [0.05, 0.1) is 0 Å². The molecule has 0 bridgehead atoms. The Hall–Kier alpha value is -2.66. The Kier molecular flexibility index (Phi) is 4.86. The summed E-state index contributed by atoms with van der Waals surface area (Å²) in [7, 11) is 3.82. The number of nitrogens with zero attached hydrogens (tertiary/aromatic N) is 2. The Morgan fingerprint density at radius 1 is 1.04 bits per heavy atom. The molecule has 2 aromatic carbocycles. The third kappa shape index (κ3) is 3.42. The van der Waals surface area contributed by atoms with E-state index in [0.717, 1.165) is 11.1 Å². The van der Waals surface area contributed by atoms with Crippen LogP contribution in [0.5, 0.6) is 0 Å². The van der Waals surface area contributed by atoms with Crippen molar-refractivity contribution in [3.05, 3.63) is 60.2 Å². The second-order valence-electron chi connectivity index (χ2n) is 6.58. The number of hydrogen-bond donors (Lipinski definition) is 1. The van der Waals surface area contributed by atoms with E-state index in [2.05, 4.69) is 0 Å². The van der Waals surface area contributed by atoms with Crippen LogP contribution in [0.3, 0.4) is 0 Å². The van der Waals surface area contributed by atoms with E-state index in [4.69, 9.17) is 0 Å². The standard InChI is InChI=1S/C20H22N2O3/c1-21(2)15-12-18(20(24)25)22(13-15)19(23)17-11-7-6-10-16(17)14-8-4-3-5-9-14/h3-11,15,18H,12-13H2,1-2H3,(H,24,25)/t15-,18+/m1/s1. The van der Waals surface area contributed by atoms with Gasteiger partial charge in [0, 0.05) is 18.2 Å². The van der Waals surface area contributed by atoms with E-state index in [1.54, 1.807) is 6.07 Å². The quantitative estimate of drug-likeness (QED) is 0.931. The van der Waals surface area contributed by atoms with Gasteiger partial charge in [-0.05, 0) is 37.7 Å². The molecule has 1 aliphatic heterocycles. The number of carboxylic acid groups (broad SMARTS) is 1. The van der Waals surface area contributed by atoms with Gasteiger partial charge >= 0.3 is 5.97 Å². The number of hydrogen-bond acceptors (Lipinski definition) is 3. The Bertz CT molecular complexity index is 774. The van der Waals surface area contributed by atoms with Gasteiger partial charge in [-0.3, -0.25) is 4.79 Å². The fourth-order valence-electron chi connectivity index (χ4n) is 3.34. The average molecular weight is 338 g/mol. The van der Waals surface area contributed by atoms with Crippen molar-refractivity contribution in [1.82, 2.24) is 9.80 Å². The van der Waals surface area contributed by atoms with Gasteiger partial charge < -0.3 is 14.9 Å². The van der Waals surface area contributed by atoms with Crippen LogP contribution >= 0.6 is 0 Å². The maximum Gasteiger partial charge on any atom is 0.326 e. The van der Waals surface area contributed by atoms with Crippen LogP contribution in [0.15, 0.2) is 54.6 Å². The molecule has 1 N–H and O–H groups in total. The van der Waals surface area contributed by atoms with Crippen molar-refractivity contribution in [3.8, 4) is 11.1 Å².